The molecule has 0 saturated heterocycles. The maximum atomic E-state index is 6.08. The van der Waals surface area contributed by atoms with Crippen LogP contribution in [0.15, 0.2) is 48.5 Å². The van der Waals surface area contributed by atoms with Gasteiger partial charge < -0.3 is 5.73 Å². The SMILES string of the molecule is Nc1nc2c(c3ccccc13)Cc1ccccc1-2. The summed E-state index contributed by atoms with van der Waals surface area (Å²) in [5.41, 5.74) is 11.0. The van der Waals surface area contributed by atoms with Gasteiger partial charge in [-0.05, 0) is 16.5 Å². The highest BCUT2D eigenvalue weighted by atomic mass is 14.9. The molecule has 18 heavy (non-hydrogen) atoms. The van der Waals surface area contributed by atoms with E-state index in [1.54, 1.807) is 0 Å². The van der Waals surface area contributed by atoms with E-state index in [1.165, 1.54) is 22.1 Å². The van der Waals surface area contributed by atoms with Gasteiger partial charge in [0.2, 0.25) is 0 Å². The van der Waals surface area contributed by atoms with Gasteiger partial charge in [0.1, 0.15) is 5.82 Å². The number of hydrogen-bond acceptors (Lipinski definition) is 2. The monoisotopic (exact) mass is 232 g/mol. The fourth-order valence-corrected chi connectivity index (χ4v) is 2.84. The lowest BCUT2D eigenvalue weighted by Gasteiger charge is -2.07. The zero-order valence-electron chi connectivity index (χ0n) is 9.85. The van der Waals surface area contributed by atoms with Crippen LogP contribution in [0.3, 0.4) is 0 Å². The predicted molar refractivity (Wildman–Crippen MR) is 74.4 cm³/mol. The van der Waals surface area contributed by atoms with Gasteiger partial charge in [-0.25, -0.2) is 4.98 Å². The van der Waals surface area contributed by atoms with Gasteiger partial charge in [-0.3, -0.25) is 0 Å². The fourth-order valence-electron chi connectivity index (χ4n) is 2.84. The molecule has 1 aliphatic carbocycles. The van der Waals surface area contributed by atoms with Gasteiger partial charge in [-0.15, -0.1) is 0 Å². The number of rotatable bonds is 0. The Morgan fingerprint density at radius 2 is 1.61 bits per heavy atom. The third-order valence-electron chi connectivity index (χ3n) is 3.69. The minimum absolute atomic E-state index is 0.626. The number of aromatic nitrogens is 1. The van der Waals surface area contributed by atoms with Gasteiger partial charge in [0.25, 0.3) is 0 Å². The molecule has 2 aromatic carbocycles. The summed E-state index contributed by atoms with van der Waals surface area (Å²) in [4.78, 5) is 4.60. The number of nitrogen functional groups attached to an aromatic ring is 1. The van der Waals surface area contributed by atoms with Gasteiger partial charge in [0.05, 0.1) is 5.69 Å². The molecule has 2 nitrogen and oxygen atoms in total. The molecule has 2 heteroatoms. The number of benzene rings is 2. The minimum atomic E-state index is 0.626. The van der Waals surface area contributed by atoms with Crippen LogP contribution in [0, 0.1) is 0 Å². The molecule has 0 saturated carbocycles. The first-order chi connectivity index (χ1) is 8.84. The molecule has 0 fully saturated rings. The van der Waals surface area contributed by atoms with Crippen molar-refractivity contribution >= 4 is 16.6 Å². The molecule has 0 bridgehead atoms. The summed E-state index contributed by atoms with van der Waals surface area (Å²) in [6.45, 7) is 0. The first kappa shape index (κ1) is 9.66. The molecule has 0 amide bonds. The van der Waals surface area contributed by atoms with E-state index in [0.717, 1.165) is 17.5 Å². The third-order valence-corrected chi connectivity index (χ3v) is 3.69. The van der Waals surface area contributed by atoms with Gasteiger partial charge >= 0.3 is 0 Å². The van der Waals surface area contributed by atoms with E-state index in [2.05, 4.69) is 41.4 Å². The van der Waals surface area contributed by atoms with Crippen LogP contribution < -0.4 is 5.73 Å². The van der Waals surface area contributed by atoms with E-state index in [9.17, 15) is 0 Å². The van der Waals surface area contributed by atoms with Crippen LogP contribution in [0.5, 0.6) is 0 Å². The zero-order chi connectivity index (χ0) is 12.1. The highest BCUT2D eigenvalue weighted by molar-refractivity contribution is 5.99. The molecule has 3 aromatic rings. The summed E-state index contributed by atoms with van der Waals surface area (Å²) in [5.74, 6) is 0.626. The van der Waals surface area contributed by atoms with Crippen LogP contribution in [0.1, 0.15) is 11.1 Å². The Bertz CT molecular complexity index is 775. The quantitative estimate of drug-likeness (QED) is 0.504. The molecule has 1 aromatic heterocycles. The predicted octanol–water partition coefficient (Wildman–Crippen LogP) is 3.39. The standard InChI is InChI=1S/C16H12N2/c17-16-13-8-4-3-7-12(13)14-9-10-5-1-2-6-11(10)15(14)18-16/h1-8H,9H2,(H2,17,18). The molecule has 1 aliphatic rings. The second kappa shape index (κ2) is 3.33. The first-order valence-electron chi connectivity index (χ1n) is 6.10. The number of pyridine rings is 1. The molecule has 2 N–H and O–H groups in total. The van der Waals surface area contributed by atoms with Gasteiger partial charge in [-0.2, -0.15) is 0 Å². The van der Waals surface area contributed by atoms with E-state index in [0.29, 0.717) is 5.82 Å². The normalized spacial score (nSPS) is 12.4. The maximum absolute atomic E-state index is 6.08. The Hall–Kier alpha value is -2.35. The van der Waals surface area contributed by atoms with Crippen molar-refractivity contribution in [2.45, 2.75) is 6.42 Å². The van der Waals surface area contributed by atoms with Crippen molar-refractivity contribution in [1.82, 2.24) is 4.98 Å². The molecule has 1 heterocycles. The third kappa shape index (κ3) is 1.15. The second-order valence-electron chi connectivity index (χ2n) is 4.70. The van der Waals surface area contributed by atoms with Crippen LogP contribution in [-0.2, 0) is 6.42 Å². The van der Waals surface area contributed by atoms with Crippen molar-refractivity contribution in [3.8, 4) is 11.3 Å². The Balaban J connectivity index is 2.14. The summed E-state index contributed by atoms with van der Waals surface area (Å²) >= 11 is 0. The lowest BCUT2D eigenvalue weighted by molar-refractivity contribution is 1.26. The number of nitrogens with zero attached hydrogens (tertiary/aromatic N) is 1. The lowest BCUT2D eigenvalue weighted by atomic mass is 10.0. The molecule has 4 rings (SSSR count). The van der Waals surface area contributed by atoms with Gasteiger partial charge in [0, 0.05) is 17.4 Å². The van der Waals surface area contributed by atoms with Gasteiger partial charge in [-0.1, -0.05) is 48.5 Å². The average Bonchev–Trinajstić information content (AvgIpc) is 2.78. The topological polar surface area (TPSA) is 38.9 Å². The second-order valence-corrected chi connectivity index (χ2v) is 4.70. The maximum Gasteiger partial charge on any atom is 0.131 e. The van der Waals surface area contributed by atoms with Crippen LogP contribution >= 0.6 is 0 Å². The Morgan fingerprint density at radius 3 is 2.50 bits per heavy atom. The smallest absolute Gasteiger partial charge is 0.131 e. The minimum Gasteiger partial charge on any atom is -0.383 e. The highest BCUT2D eigenvalue weighted by Gasteiger charge is 2.22. The number of anilines is 1. The summed E-state index contributed by atoms with van der Waals surface area (Å²) in [5, 5.41) is 2.29. The van der Waals surface area contributed by atoms with E-state index in [4.69, 9.17) is 5.73 Å². The number of nitrogens with two attached hydrogens (primary N) is 1. The van der Waals surface area contributed by atoms with Crippen molar-refractivity contribution in [3.63, 3.8) is 0 Å². The largest absolute Gasteiger partial charge is 0.383 e. The van der Waals surface area contributed by atoms with Crippen LogP contribution in [0.2, 0.25) is 0 Å². The van der Waals surface area contributed by atoms with Crippen LogP contribution in [-0.4, -0.2) is 4.98 Å². The molecule has 0 atom stereocenters. The van der Waals surface area contributed by atoms with Crippen molar-refractivity contribution in [3.05, 3.63) is 59.7 Å². The van der Waals surface area contributed by atoms with Gasteiger partial charge in [0.15, 0.2) is 0 Å². The molecule has 0 unspecified atom stereocenters. The van der Waals surface area contributed by atoms with E-state index >= 15 is 0 Å². The molecular formula is C16H12N2. The fraction of sp³-hybridized carbons (Fsp3) is 0.0625. The van der Waals surface area contributed by atoms with E-state index in [-0.39, 0.29) is 0 Å². The summed E-state index contributed by atoms with van der Waals surface area (Å²) in [6, 6.07) is 16.7. The lowest BCUT2D eigenvalue weighted by Crippen LogP contribution is -1.96. The molecule has 0 aliphatic heterocycles. The number of fused-ring (bicyclic) bond motifs is 5. The van der Waals surface area contributed by atoms with Crippen molar-refractivity contribution in [2.75, 3.05) is 5.73 Å². The summed E-state index contributed by atoms with van der Waals surface area (Å²) in [7, 11) is 0. The summed E-state index contributed by atoms with van der Waals surface area (Å²) < 4.78 is 0. The number of hydrogen-bond donors (Lipinski definition) is 1. The summed E-state index contributed by atoms with van der Waals surface area (Å²) in [6.07, 6.45) is 0.958. The Labute approximate surface area is 105 Å². The van der Waals surface area contributed by atoms with Crippen molar-refractivity contribution in [1.29, 1.82) is 0 Å². The van der Waals surface area contributed by atoms with E-state index in [1.807, 2.05) is 12.1 Å². The molecule has 86 valence electrons. The van der Waals surface area contributed by atoms with Crippen LogP contribution in [0.4, 0.5) is 5.82 Å². The van der Waals surface area contributed by atoms with Crippen LogP contribution in [0.25, 0.3) is 22.0 Å². The Morgan fingerprint density at radius 1 is 0.889 bits per heavy atom. The molecule has 0 radical (unpaired) electrons. The average molecular weight is 232 g/mol. The van der Waals surface area contributed by atoms with Crippen molar-refractivity contribution < 1.29 is 0 Å². The van der Waals surface area contributed by atoms with E-state index < -0.39 is 0 Å². The molecule has 0 spiro atoms. The zero-order valence-corrected chi connectivity index (χ0v) is 9.85. The van der Waals surface area contributed by atoms with Crippen molar-refractivity contribution in [2.24, 2.45) is 0 Å². The Kier molecular flexibility index (Phi) is 1.78. The molecular weight excluding hydrogens is 220 g/mol. The first-order valence-corrected chi connectivity index (χ1v) is 6.10. The highest BCUT2D eigenvalue weighted by Crippen LogP contribution is 2.40.